The second kappa shape index (κ2) is 4.00. The van der Waals surface area contributed by atoms with Crippen molar-refractivity contribution in [2.24, 2.45) is 11.3 Å². The van der Waals surface area contributed by atoms with Crippen molar-refractivity contribution in [1.82, 2.24) is 15.1 Å². The standard InChI is InChI=1S/C13H20N4O/c1-2-17-7-10(14)11(16-17)12(18)15-8-13(5-6-13)9-3-4-9/h7,9H,2-6,8,14H2,1H3,(H,15,18). The molecule has 1 aromatic rings. The van der Waals surface area contributed by atoms with Gasteiger partial charge in [-0.25, -0.2) is 0 Å². The van der Waals surface area contributed by atoms with Crippen LogP contribution >= 0.6 is 0 Å². The third-order valence-electron chi connectivity index (χ3n) is 4.27. The first-order valence-corrected chi connectivity index (χ1v) is 6.76. The molecule has 5 nitrogen and oxygen atoms in total. The molecule has 18 heavy (non-hydrogen) atoms. The maximum Gasteiger partial charge on any atom is 0.273 e. The number of aromatic nitrogens is 2. The number of aryl methyl sites for hydroxylation is 1. The summed E-state index contributed by atoms with van der Waals surface area (Å²) in [6.07, 6.45) is 6.90. The average molecular weight is 248 g/mol. The second-order valence-electron chi connectivity index (χ2n) is 5.61. The van der Waals surface area contributed by atoms with Crippen molar-refractivity contribution in [3.05, 3.63) is 11.9 Å². The first-order chi connectivity index (χ1) is 8.64. The summed E-state index contributed by atoms with van der Waals surface area (Å²) in [4.78, 5) is 12.0. The molecule has 2 aliphatic carbocycles. The molecule has 0 spiro atoms. The van der Waals surface area contributed by atoms with Gasteiger partial charge >= 0.3 is 0 Å². The fraction of sp³-hybridized carbons (Fsp3) is 0.692. The normalized spacial score (nSPS) is 20.7. The molecule has 1 aromatic heterocycles. The lowest BCUT2D eigenvalue weighted by Gasteiger charge is -2.14. The summed E-state index contributed by atoms with van der Waals surface area (Å²) in [6.45, 7) is 3.48. The van der Waals surface area contributed by atoms with Gasteiger partial charge in [0.15, 0.2) is 5.69 Å². The van der Waals surface area contributed by atoms with E-state index in [4.69, 9.17) is 5.73 Å². The molecule has 0 aromatic carbocycles. The van der Waals surface area contributed by atoms with E-state index in [9.17, 15) is 4.79 Å². The second-order valence-corrected chi connectivity index (χ2v) is 5.61. The van der Waals surface area contributed by atoms with Crippen molar-refractivity contribution in [2.75, 3.05) is 12.3 Å². The van der Waals surface area contributed by atoms with E-state index in [1.807, 2.05) is 6.92 Å². The van der Waals surface area contributed by atoms with Gasteiger partial charge in [-0.05, 0) is 43.9 Å². The molecule has 2 aliphatic rings. The third kappa shape index (κ3) is 1.98. The Labute approximate surface area is 107 Å². The number of nitrogens with one attached hydrogen (secondary N) is 1. The van der Waals surface area contributed by atoms with Crippen LogP contribution in [0, 0.1) is 11.3 Å². The van der Waals surface area contributed by atoms with Gasteiger partial charge < -0.3 is 11.1 Å². The number of rotatable bonds is 5. The third-order valence-corrected chi connectivity index (χ3v) is 4.27. The van der Waals surface area contributed by atoms with E-state index in [1.54, 1.807) is 10.9 Å². The molecule has 0 bridgehead atoms. The fourth-order valence-electron chi connectivity index (χ4n) is 2.70. The Morgan fingerprint density at radius 2 is 2.33 bits per heavy atom. The minimum absolute atomic E-state index is 0.133. The topological polar surface area (TPSA) is 72.9 Å². The highest BCUT2D eigenvalue weighted by Crippen LogP contribution is 2.60. The van der Waals surface area contributed by atoms with E-state index < -0.39 is 0 Å². The van der Waals surface area contributed by atoms with Crippen LogP contribution in [0.15, 0.2) is 6.20 Å². The minimum atomic E-state index is -0.133. The van der Waals surface area contributed by atoms with Crippen molar-refractivity contribution in [2.45, 2.75) is 39.2 Å². The lowest BCUT2D eigenvalue weighted by molar-refractivity contribution is 0.0937. The van der Waals surface area contributed by atoms with Crippen molar-refractivity contribution >= 4 is 11.6 Å². The predicted octanol–water partition coefficient (Wildman–Crippen LogP) is 1.41. The number of nitrogens with two attached hydrogens (primary N) is 1. The molecular formula is C13H20N4O. The smallest absolute Gasteiger partial charge is 0.273 e. The Kier molecular flexibility index (Phi) is 2.57. The molecule has 0 radical (unpaired) electrons. The molecule has 3 N–H and O–H groups in total. The lowest BCUT2D eigenvalue weighted by Crippen LogP contribution is -2.32. The molecule has 1 amide bonds. The van der Waals surface area contributed by atoms with E-state index in [0.29, 0.717) is 16.8 Å². The number of hydrogen-bond acceptors (Lipinski definition) is 3. The van der Waals surface area contributed by atoms with Crippen molar-refractivity contribution in [3.63, 3.8) is 0 Å². The maximum absolute atomic E-state index is 12.0. The fourth-order valence-corrected chi connectivity index (χ4v) is 2.70. The first-order valence-electron chi connectivity index (χ1n) is 6.76. The summed E-state index contributed by atoms with van der Waals surface area (Å²) < 4.78 is 1.69. The molecule has 0 unspecified atom stereocenters. The zero-order chi connectivity index (χ0) is 12.8. The molecule has 5 heteroatoms. The van der Waals surface area contributed by atoms with E-state index in [2.05, 4.69) is 10.4 Å². The summed E-state index contributed by atoms with van der Waals surface area (Å²) in [7, 11) is 0. The van der Waals surface area contributed by atoms with E-state index in [-0.39, 0.29) is 5.91 Å². The Bertz CT molecular complexity index is 471. The highest BCUT2D eigenvalue weighted by Gasteiger charge is 2.53. The van der Waals surface area contributed by atoms with Gasteiger partial charge in [0.1, 0.15) is 0 Å². The molecule has 0 atom stereocenters. The molecule has 3 rings (SSSR count). The van der Waals surface area contributed by atoms with Gasteiger partial charge in [-0.1, -0.05) is 0 Å². The summed E-state index contributed by atoms with van der Waals surface area (Å²) in [6, 6.07) is 0. The average Bonchev–Trinajstić information content (AvgIpc) is 3.23. The van der Waals surface area contributed by atoms with Crippen LogP contribution in [0.1, 0.15) is 43.1 Å². The molecule has 0 saturated heterocycles. The monoisotopic (exact) mass is 248 g/mol. The maximum atomic E-state index is 12.0. The summed E-state index contributed by atoms with van der Waals surface area (Å²) in [5, 5.41) is 7.20. The van der Waals surface area contributed by atoms with Gasteiger partial charge in [0.25, 0.3) is 5.91 Å². The Morgan fingerprint density at radius 3 is 2.83 bits per heavy atom. The quantitative estimate of drug-likeness (QED) is 0.827. The molecule has 2 saturated carbocycles. The van der Waals surface area contributed by atoms with Crippen molar-refractivity contribution in [1.29, 1.82) is 0 Å². The number of nitrogen functional groups attached to an aromatic ring is 1. The van der Waals surface area contributed by atoms with Gasteiger partial charge in [0.2, 0.25) is 0 Å². The number of carbonyl (C=O) groups excluding carboxylic acids is 1. The summed E-state index contributed by atoms with van der Waals surface area (Å²) >= 11 is 0. The molecule has 2 fully saturated rings. The largest absolute Gasteiger partial charge is 0.396 e. The highest BCUT2D eigenvalue weighted by molar-refractivity contribution is 5.97. The number of amides is 1. The highest BCUT2D eigenvalue weighted by atomic mass is 16.2. The number of carbonyl (C=O) groups is 1. The van der Waals surface area contributed by atoms with Crippen LogP contribution in [0.2, 0.25) is 0 Å². The van der Waals surface area contributed by atoms with E-state index in [1.165, 1.54) is 25.7 Å². The van der Waals surface area contributed by atoms with Gasteiger partial charge in [-0.15, -0.1) is 0 Å². The van der Waals surface area contributed by atoms with Gasteiger partial charge in [0, 0.05) is 19.3 Å². The number of anilines is 1. The van der Waals surface area contributed by atoms with E-state index >= 15 is 0 Å². The number of nitrogens with zero attached hydrogens (tertiary/aromatic N) is 2. The van der Waals surface area contributed by atoms with Crippen LogP contribution in [0.5, 0.6) is 0 Å². The summed E-state index contributed by atoms with van der Waals surface area (Å²) in [5.41, 5.74) is 7.04. The minimum Gasteiger partial charge on any atom is -0.396 e. The predicted molar refractivity (Wildman–Crippen MR) is 69.0 cm³/mol. The molecule has 98 valence electrons. The zero-order valence-electron chi connectivity index (χ0n) is 10.8. The van der Waals surface area contributed by atoms with Crippen LogP contribution in [0.25, 0.3) is 0 Å². The van der Waals surface area contributed by atoms with Crippen LogP contribution in [-0.4, -0.2) is 22.2 Å². The van der Waals surface area contributed by atoms with Crippen molar-refractivity contribution < 1.29 is 4.79 Å². The Balaban J connectivity index is 1.62. The lowest BCUT2D eigenvalue weighted by atomic mass is 10.0. The van der Waals surface area contributed by atoms with Gasteiger partial charge in [-0.3, -0.25) is 9.48 Å². The van der Waals surface area contributed by atoms with Gasteiger partial charge in [0.05, 0.1) is 5.69 Å². The zero-order valence-corrected chi connectivity index (χ0v) is 10.8. The number of hydrogen-bond donors (Lipinski definition) is 2. The van der Waals surface area contributed by atoms with Crippen LogP contribution < -0.4 is 11.1 Å². The van der Waals surface area contributed by atoms with Crippen LogP contribution in [0.4, 0.5) is 5.69 Å². The van der Waals surface area contributed by atoms with Crippen molar-refractivity contribution in [3.8, 4) is 0 Å². The summed E-state index contributed by atoms with van der Waals surface area (Å²) in [5.74, 6) is 0.718. The Morgan fingerprint density at radius 1 is 1.61 bits per heavy atom. The Hall–Kier alpha value is -1.52. The van der Waals surface area contributed by atoms with Crippen LogP contribution in [0.3, 0.4) is 0 Å². The van der Waals surface area contributed by atoms with Crippen LogP contribution in [-0.2, 0) is 6.54 Å². The van der Waals surface area contributed by atoms with E-state index in [0.717, 1.165) is 19.0 Å². The molecule has 1 heterocycles. The molecule has 0 aliphatic heterocycles. The van der Waals surface area contributed by atoms with Gasteiger partial charge in [-0.2, -0.15) is 5.10 Å². The molecular weight excluding hydrogens is 228 g/mol. The first kappa shape index (κ1) is 11.6. The SMILES string of the molecule is CCn1cc(N)c(C(=O)NCC2(C3CC3)CC2)n1.